The smallest absolute Gasteiger partial charge is 0.229 e. The molecule has 0 fully saturated rings. The Morgan fingerprint density at radius 2 is 1.79 bits per heavy atom. The van der Waals surface area contributed by atoms with E-state index in [0.717, 1.165) is 22.8 Å². The normalized spacial score (nSPS) is 10.6. The summed E-state index contributed by atoms with van der Waals surface area (Å²) in [6.07, 6.45) is 0.0622. The number of benzene rings is 2. The number of carbonyl (C=O) groups excluding carboxylic acids is 1. The molecule has 0 bridgehead atoms. The van der Waals surface area contributed by atoms with E-state index in [1.165, 1.54) is 0 Å². The number of anilines is 4. The van der Waals surface area contributed by atoms with Crippen LogP contribution >= 0.6 is 0 Å². The van der Waals surface area contributed by atoms with Gasteiger partial charge in [0.15, 0.2) is 5.78 Å². The molecule has 0 unspecified atom stereocenters. The molecule has 6 heteroatoms. The van der Waals surface area contributed by atoms with Gasteiger partial charge in [-0.2, -0.15) is 4.98 Å². The Morgan fingerprint density at radius 3 is 2.54 bits per heavy atom. The summed E-state index contributed by atoms with van der Waals surface area (Å²) in [6.45, 7) is 7.42. The van der Waals surface area contributed by atoms with Crippen LogP contribution in [0.5, 0.6) is 5.75 Å². The van der Waals surface area contributed by atoms with E-state index < -0.39 is 0 Å². The summed E-state index contributed by atoms with van der Waals surface area (Å²) in [4.78, 5) is 20.6. The van der Waals surface area contributed by atoms with Crippen molar-refractivity contribution in [2.24, 2.45) is 0 Å². The molecule has 2 N–H and O–H groups in total. The number of aryl methyl sites for hydroxylation is 1. The third-order valence-corrected chi connectivity index (χ3v) is 3.89. The highest BCUT2D eigenvalue weighted by molar-refractivity contribution is 5.95. The summed E-state index contributed by atoms with van der Waals surface area (Å²) < 4.78 is 5.84. The number of nitrogens with zero attached hydrogens (tertiary/aromatic N) is 2. The summed E-state index contributed by atoms with van der Waals surface area (Å²) in [5.41, 5.74) is 3.05. The standard InChI is InChI=1S/C22H24N4O2/c1-14(2)28-20-11-6-5-10-19(20)25-22-23-15(3)12-21(26-22)24-18-9-7-8-17(13-18)16(4)27/h5-14H,1-4H3,(H2,23,24,25,26). The van der Waals surface area contributed by atoms with Crippen LogP contribution in [-0.4, -0.2) is 21.9 Å². The molecule has 6 nitrogen and oxygen atoms in total. The van der Waals surface area contributed by atoms with E-state index in [1.54, 1.807) is 19.1 Å². The monoisotopic (exact) mass is 376 g/mol. The van der Waals surface area contributed by atoms with Crippen molar-refractivity contribution in [1.82, 2.24) is 9.97 Å². The largest absolute Gasteiger partial charge is 0.489 e. The van der Waals surface area contributed by atoms with Crippen molar-refractivity contribution < 1.29 is 9.53 Å². The van der Waals surface area contributed by atoms with Gasteiger partial charge in [0, 0.05) is 23.0 Å². The fraction of sp³-hybridized carbons (Fsp3) is 0.227. The Bertz CT molecular complexity index is 986. The molecule has 0 atom stereocenters. The maximum absolute atomic E-state index is 11.6. The van der Waals surface area contributed by atoms with Crippen molar-refractivity contribution in [3.63, 3.8) is 0 Å². The zero-order chi connectivity index (χ0) is 20.1. The van der Waals surface area contributed by atoms with E-state index in [0.29, 0.717) is 17.3 Å². The molecule has 144 valence electrons. The van der Waals surface area contributed by atoms with Crippen LogP contribution in [0.25, 0.3) is 0 Å². The maximum Gasteiger partial charge on any atom is 0.229 e. The van der Waals surface area contributed by atoms with Gasteiger partial charge in [0.25, 0.3) is 0 Å². The van der Waals surface area contributed by atoms with Gasteiger partial charge < -0.3 is 15.4 Å². The van der Waals surface area contributed by atoms with Crippen LogP contribution in [-0.2, 0) is 0 Å². The highest BCUT2D eigenvalue weighted by Gasteiger charge is 2.09. The minimum atomic E-state index is 0.0200. The van der Waals surface area contributed by atoms with Crippen molar-refractivity contribution >= 4 is 28.9 Å². The van der Waals surface area contributed by atoms with Crippen molar-refractivity contribution in [2.45, 2.75) is 33.8 Å². The maximum atomic E-state index is 11.6. The molecule has 0 aliphatic rings. The van der Waals surface area contributed by atoms with Gasteiger partial charge in [-0.25, -0.2) is 4.98 Å². The van der Waals surface area contributed by atoms with Crippen molar-refractivity contribution in [2.75, 3.05) is 10.6 Å². The van der Waals surface area contributed by atoms with Gasteiger partial charge in [-0.1, -0.05) is 24.3 Å². The molecule has 0 aliphatic carbocycles. The molecular formula is C22H24N4O2. The predicted octanol–water partition coefficient (Wildman–Crippen LogP) is 5.26. The second-order valence-corrected chi connectivity index (χ2v) is 6.77. The van der Waals surface area contributed by atoms with E-state index in [4.69, 9.17) is 4.74 Å². The van der Waals surface area contributed by atoms with Gasteiger partial charge in [-0.3, -0.25) is 4.79 Å². The van der Waals surface area contributed by atoms with Gasteiger partial charge in [-0.05, 0) is 52.0 Å². The Hall–Kier alpha value is -3.41. The zero-order valence-electron chi connectivity index (χ0n) is 16.5. The second-order valence-electron chi connectivity index (χ2n) is 6.77. The van der Waals surface area contributed by atoms with E-state index in [-0.39, 0.29) is 11.9 Å². The molecule has 1 aromatic heterocycles. The first-order valence-electron chi connectivity index (χ1n) is 9.17. The van der Waals surface area contributed by atoms with Crippen LogP contribution in [0.2, 0.25) is 0 Å². The van der Waals surface area contributed by atoms with Gasteiger partial charge >= 0.3 is 0 Å². The first-order chi connectivity index (χ1) is 13.4. The molecule has 2 aromatic carbocycles. The molecular weight excluding hydrogens is 352 g/mol. The number of hydrogen-bond donors (Lipinski definition) is 2. The molecule has 28 heavy (non-hydrogen) atoms. The molecule has 0 saturated carbocycles. The number of carbonyl (C=O) groups is 1. The summed E-state index contributed by atoms with van der Waals surface area (Å²) in [7, 11) is 0. The SMILES string of the molecule is CC(=O)c1cccc(Nc2cc(C)nc(Nc3ccccc3OC(C)C)n2)c1. The summed E-state index contributed by atoms with van der Waals surface area (Å²) >= 11 is 0. The van der Waals surface area contributed by atoms with Crippen molar-refractivity contribution in [3.8, 4) is 5.75 Å². The lowest BCUT2D eigenvalue weighted by Crippen LogP contribution is -2.08. The van der Waals surface area contributed by atoms with E-state index in [9.17, 15) is 4.79 Å². The lowest BCUT2D eigenvalue weighted by atomic mass is 10.1. The van der Waals surface area contributed by atoms with Crippen LogP contribution in [0, 0.1) is 6.92 Å². The van der Waals surface area contributed by atoms with Crippen LogP contribution < -0.4 is 15.4 Å². The Labute approximate surface area is 165 Å². The van der Waals surface area contributed by atoms with Crippen molar-refractivity contribution in [3.05, 3.63) is 65.9 Å². The molecule has 0 amide bonds. The first-order valence-corrected chi connectivity index (χ1v) is 9.17. The molecule has 3 rings (SSSR count). The number of aromatic nitrogens is 2. The zero-order valence-corrected chi connectivity index (χ0v) is 16.5. The number of para-hydroxylation sites is 2. The lowest BCUT2D eigenvalue weighted by molar-refractivity contribution is 0.101. The molecule has 0 radical (unpaired) electrons. The number of Topliss-reactive ketones (excluding diaryl/α,β-unsaturated/α-hetero) is 1. The average Bonchev–Trinajstić information content (AvgIpc) is 2.62. The number of ketones is 1. The van der Waals surface area contributed by atoms with E-state index in [2.05, 4.69) is 20.6 Å². The van der Waals surface area contributed by atoms with Crippen molar-refractivity contribution in [1.29, 1.82) is 0 Å². The molecule has 0 spiro atoms. The van der Waals surface area contributed by atoms with Gasteiger partial charge in [0.1, 0.15) is 11.6 Å². The molecule has 1 heterocycles. The minimum absolute atomic E-state index is 0.0200. The third kappa shape index (κ3) is 5.07. The molecule has 0 saturated heterocycles. The van der Waals surface area contributed by atoms with E-state index >= 15 is 0 Å². The molecule has 0 aliphatic heterocycles. The Morgan fingerprint density at radius 1 is 1.00 bits per heavy atom. The summed E-state index contributed by atoms with van der Waals surface area (Å²) in [6, 6.07) is 16.9. The van der Waals surface area contributed by atoms with Crippen LogP contribution in [0.3, 0.4) is 0 Å². The minimum Gasteiger partial charge on any atom is -0.489 e. The summed E-state index contributed by atoms with van der Waals surface area (Å²) in [5, 5.41) is 6.47. The second kappa shape index (κ2) is 8.52. The van der Waals surface area contributed by atoms with Gasteiger partial charge in [0.2, 0.25) is 5.95 Å². The summed E-state index contributed by atoms with van der Waals surface area (Å²) in [5.74, 6) is 1.86. The van der Waals surface area contributed by atoms with Gasteiger partial charge in [-0.15, -0.1) is 0 Å². The molecule has 3 aromatic rings. The number of nitrogens with one attached hydrogen (secondary N) is 2. The fourth-order valence-corrected chi connectivity index (χ4v) is 2.70. The highest BCUT2D eigenvalue weighted by atomic mass is 16.5. The Kier molecular flexibility index (Phi) is 5.89. The lowest BCUT2D eigenvalue weighted by Gasteiger charge is -2.15. The number of ether oxygens (including phenoxy) is 1. The Balaban J connectivity index is 1.85. The fourth-order valence-electron chi connectivity index (χ4n) is 2.70. The van der Waals surface area contributed by atoms with Crippen LogP contribution in [0.1, 0.15) is 36.8 Å². The van der Waals surface area contributed by atoms with E-state index in [1.807, 2.05) is 63.2 Å². The predicted molar refractivity (Wildman–Crippen MR) is 112 cm³/mol. The van der Waals surface area contributed by atoms with Crippen LogP contribution in [0.15, 0.2) is 54.6 Å². The quantitative estimate of drug-likeness (QED) is 0.548. The number of hydrogen-bond acceptors (Lipinski definition) is 6. The highest BCUT2D eigenvalue weighted by Crippen LogP contribution is 2.28. The average molecular weight is 376 g/mol. The van der Waals surface area contributed by atoms with Crippen LogP contribution in [0.4, 0.5) is 23.1 Å². The topological polar surface area (TPSA) is 76.1 Å². The van der Waals surface area contributed by atoms with Gasteiger partial charge in [0.05, 0.1) is 11.8 Å². The first kappa shape index (κ1) is 19.4. The number of rotatable bonds is 7. The third-order valence-electron chi connectivity index (χ3n) is 3.89.